The third-order valence-corrected chi connectivity index (χ3v) is 6.22. The van der Waals surface area contributed by atoms with Crippen LogP contribution in [0.25, 0.3) is 0 Å². The Kier molecular flexibility index (Phi) is 10.1. The van der Waals surface area contributed by atoms with Crippen LogP contribution < -0.4 is 0 Å². The number of carbonyl (C=O) groups excluding carboxylic acids is 2. The molecule has 1 heterocycles. The van der Waals surface area contributed by atoms with E-state index in [0.29, 0.717) is 25.0 Å². The summed E-state index contributed by atoms with van der Waals surface area (Å²) in [6.07, 6.45) is 1.37. The van der Waals surface area contributed by atoms with E-state index in [1.165, 1.54) is 27.2 Å². The SMILES string of the molecule is COC(=O)/C=C1\C[C@@H](C[C@@H](C)[C@H](C)OCc2ccccc2)O[C@@](OC)(C(C)C)[C@H]1OC(C)=O. The van der Waals surface area contributed by atoms with Gasteiger partial charge < -0.3 is 23.7 Å². The molecule has 5 atom stereocenters. The van der Waals surface area contributed by atoms with Gasteiger partial charge in [-0.05, 0) is 36.8 Å². The first-order valence-electron chi connectivity index (χ1n) is 11.5. The van der Waals surface area contributed by atoms with E-state index in [9.17, 15) is 9.59 Å². The Balaban J connectivity index is 2.21. The molecule has 0 aliphatic carbocycles. The zero-order chi connectivity index (χ0) is 24.6. The molecule has 0 amide bonds. The van der Waals surface area contributed by atoms with Crippen LogP contribution in [0.4, 0.5) is 0 Å². The highest BCUT2D eigenvalue weighted by atomic mass is 16.7. The van der Waals surface area contributed by atoms with E-state index in [0.717, 1.165) is 5.56 Å². The molecule has 0 unspecified atom stereocenters. The maximum atomic E-state index is 12.1. The minimum atomic E-state index is -1.22. The fraction of sp³-hybridized carbons (Fsp3) is 0.615. The molecule has 0 spiro atoms. The van der Waals surface area contributed by atoms with Crippen LogP contribution in [0.2, 0.25) is 0 Å². The van der Waals surface area contributed by atoms with Crippen molar-refractivity contribution in [1.82, 2.24) is 0 Å². The lowest BCUT2D eigenvalue weighted by Crippen LogP contribution is -2.59. The van der Waals surface area contributed by atoms with Crippen LogP contribution in [0.1, 0.15) is 53.0 Å². The highest BCUT2D eigenvalue weighted by Gasteiger charge is 2.53. The summed E-state index contributed by atoms with van der Waals surface area (Å²) in [5, 5.41) is 0. The van der Waals surface area contributed by atoms with Crippen molar-refractivity contribution >= 4 is 11.9 Å². The maximum absolute atomic E-state index is 12.1. The van der Waals surface area contributed by atoms with Crippen molar-refractivity contribution in [1.29, 1.82) is 0 Å². The van der Waals surface area contributed by atoms with Gasteiger partial charge in [-0.3, -0.25) is 4.79 Å². The average Bonchev–Trinajstić information content (AvgIpc) is 2.78. The second kappa shape index (κ2) is 12.3. The van der Waals surface area contributed by atoms with Gasteiger partial charge in [0.15, 0.2) is 6.10 Å². The summed E-state index contributed by atoms with van der Waals surface area (Å²) in [5.41, 5.74) is 1.74. The molecule has 1 aromatic carbocycles. The average molecular weight is 463 g/mol. The van der Waals surface area contributed by atoms with Gasteiger partial charge in [-0.2, -0.15) is 0 Å². The number of hydrogen-bond donors (Lipinski definition) is 0. The van der Waals surface area contributed by atoms with Gasteiger partial charge in [-0.25, -0.2) is 4.79 Å². The molecule has 2 rings (SSSR count). The summed E-state index contributed by atoms with van der Waals surface area (Å²) in [7, 11) is 2.85. The smallest absolute Gasteiger partial charge is 0.330 e. The van der Waals surface area contributed by atoms with Gasteiger partial charge >= 0.3 is 11.9 Å². The Morgan fingerprint density at radius 1 is 1.15 bits per heavy atom. The van der Waals surface area contributed by atoms with Crippen LogP contribution >= 0.6 is 0 Å². The number of hydrogen-bond acceptors (Lipinski definition) is 7. The van der Waals surface area contributed by atoms with Crippen molar-refractivity contribution in [2.24, 2.45) is 11.8 Å². The minimum Gasteiger partial charge on any atom is -0.466 e. The molecule has 7 heteroatoms. The van der Waals surface area contributed by atoms with Crippen LogP contribution in [-0.2, 0) is 39.9 Å². The fourth-order valence-corrected chi connectivity index (χ4v) is 4.19. The quantitative estimate of drug-likeness (QED) is 0.376. The van der Waals surface area contributed by atoms with E-state index >= 15 is 0 Å². The van der Waals surface area contributed by atoms with Gasteiger partial charge in [0.25, 0.3) is 0 Å². The zero-order valence-corrected chi connectivity index (χ0v) is 20.8. The first kappa shape index (κ1) is 27.0. The summed E-state index contributed by atoms with van der Waals surface area (Å²) >= 11 is 0. The third kappa shape index (κ3) is 7.13. The monoisotopic (exact) mass is 462 g/mol. The molecule has 33 heavy (non-hydrogen) atoms. The molecule has 0 saturated carbocycles. The first-order chi connectivity index (χ1) is 15.6. The van der Waals surface area contributed by atoms with Crippen molar-refractivity contribution in [2.45, 2.75) is 78.2 Å². The maximum Gasteiger partial charge on any atom is 0.330 e. The Hall–Kier alpha value is -2.22. The number of esters is 2. The molecule has 1 aromatic rings. The lowest BCUT2D eigenvalue weighted by molar-refractivity contribution is -0.321. The molecule has 0 N–H and O–H groups in total. The number of benzene rings is 1. The summed E-state index contributed by atoms with van der Waals surface area (Å²) in [5.74, 6) is -2.19. The Morgan fingerprint density at radius 2 is 1.82 bits per heavy atom. The highest BCUT2D eigenvalue weighted by molar-refractivity contribution is 5.83. The number of methoxy groups -OCH3 is 2. The van der Waals surface area contributed by atoms with Gasteiger partial charge in [0.05, 0.1) is 25.9 Å². The Morgan fingerprint density at radius 3 is 2.36 bits per heavy atom. The molecule has 0 aromatic heterocycles. The molecule has 0 bridgehead atoms. The largest absolute Gasteiger partial charge is 0.466 e. The molecular formula is C26H38O7. The van der Waals surface area contributed by atoms with Gasteiger partial charge in [-0.15, -0.1) is 0 Å². The summed E-state index contributed by atoms with van der Waals surface area (Å²) in [6, 6.07) is 10.0. The van der Waals surface area contributed by atoms with Crippen LogP contribution in [0.5, 0.6) is 0 Å². The second-order valence-electron chi connectivity index (χ2n) is 8.97. The number of carbonyl (C=O) groups is 2. The van der Waals surface area contributed by atoms with E-state index < -0.39 is 23.8 Å². The minimum absolute atomic E-state index is 0.0102. The van der Waals surface area contributed by atoms with Crippen molar-refractivity contribution in [3.8, 4) is 0 Å². The molecule has 1 saturated heterocycles. The Labute approximate surface area is 197 Å². The molecule has 184 valence electrons. The number of rotatable bonds is 10. The predicted octanol–water partition coefficient (Wildman–Crippen LogP) is 4.44. The zero-order valence-electron chi connectivity index (χ0n) is 20.8. The van der Waals surface area contributed by atoms with E-state index in [1.807, 2.05) is 44.2 Å². The standard InChI is InChI=1S/C26H38O7/c1-17(2)26(30-7)25(32-20(5)27)22(15-24(28)29-6)14-23(33-26)13-18(3)19(4)31-16-21-11-9-8-10-12-21/h8-12,15,17-19,23,25H,13-14,16H2,1-7H3/b22-15+/t18-,19+,23-,25+,26+/m1/s1. The summed E-state index contributed by atoms with van der Waals surface area (Å²) < 4.78 is 28.9. The molecule has 7 nitrogen and oxygen atoms in total. The van der Waals surface area contributed by atoms with Crippen molar-refractivity contribution in [2.75, 3.05) is 14.2 Å². The first-order valence-corrected chi connectivity index (χ1v) is 11.5. The third-order valence-electron chi connectivity index (χ3n) is 6.22. The van der Waals surface area contributed by atoms with E-state index in [1.54, 1.807) is 0 Å². The highest BCUT2D eigenvalue weighted by Crippen LogP contribution is 2.42. The fourth-order valence-electron chi connectivity index (χ4n) is 4.19. The van der Waals surface area contributed by atoms with Crippen molar-refractivity contribution < 1.29 is 33.3 Å². The molecular weight excluding hydrogens is 424 g/mol. The van der Waals surface area contributed by atoms with E-state index in [2.05, 4.69) is 13.8 Å². The lowest BCUT2D eigenvalue weighted by Gasteiger charge is -2.48. The summed E-state index contributed by atoms with van der Waals surface area (Å²) in [6.45, 7) is 9.91. The van der Waals surface area contributed by atoms with E-state index in [4.69, 9.17) is 23.7 Å². The van der Waals surface area contributed by atoms with Gasteiger partial charge in [0.2, 0.25) is 5.79 Å². The van der Waals surface area contributed by atoms with Gasteiger partial charge in [-0.1, -0.05) is 51.1 Å². The van der Waals surface area contributed by atoms with Gasteiger partial charge in [0, 0.05) is 26.0 Å². The lowest BCUT2D eigenvalue weighted by atomic mass is 9.83. The van der Waals surface area contributed by atoms with Crippen molar-refractivity contribution in [3.63, 3.8) is 0 Å². The van der Waals surface area contributed by atoms with Crippen LogP contribution in [-0.4, -0.2) is 50.3 Å². The Bertz CT molecular complexity index is 804. The van der Waals surface area contributed by atoms with Crippen LogP contribution in [0.15, 0.2) is 42.0 Å². The normalized spacial score (nSPS) is 26.1. The van der Waals surface area contributed by atoms with E-state index in [-0.39, 0.29) is 24.0 Å². The second-order valence-corrected chi connectivity index (χ2v) is 8.97. The van der Waals surface area contributed by atoms with Crippen LogP contribution in [0.3, 0.4) is 0 Å². The molecule has 1 aliphatic heterocycles. The molecule has 1 fully saturated rings. The molecule has 0 radical (unpaired) electrons. The molecule has 1 aliphatic rings. The van der Waals surface area contributed by atoms with Crippen molar-refractivity contribution in [3.05, 3.63) is 47.5 Å². The van der Waals surface area contributed by atoms with Crippen LogP contribution in [0, 0.1) is 11.8 Å². The topological polar surface area (TPSA) is 80.3 Å². The predicted molar refractivity (Wildman–Crippen MR) is 124 cm³/mol. The number of ether oxygens (including phenoxy) is 5. The summed E-state index contributed by atoms with van der Waals surface area (Å²) in [4.78, 5) is 24.0. The van der Waals surface area contributed by atoms with Gasteiger partial charge in [0.1, 0.15) is 0 Å².